The third-order valence-electron chi connectivity index (χ3n) is 4.33. The number of hydrogen-bond donors (Lipinski definition) is 1. The minimum Gasteiger partial charge on any atom is -0.426 e. The molecular weight excluding hydrogens is 342 g/mol. The average Bonchev–Trinajstić information content (AvgIpc) is 3.22. The summed E-state index contributed by atoms with van der Waals surface area (Å²) in [7, 11) is 0. The number of rotatable bonds is 12. The van der Waals surface area contributed by atoms with E-state index in [0.717, 1.165) is 12.8 Å². The SMILES string of the molecule is CCCCCCCCN(CCC(=O)Oc1ccccc1)C(=O)c1ncc[nH]1. The summed E-state index contributed by atoms with van der Waals surface area (Å²) in [6, 6.07) is 8.96. The van der Waals surface area contributed by atoms with Gasteiger partial charge in [-0.2, -0.15) is 0 Å². The van der Waals surface area contributed by atoms with E-state index in [2.05, 4.69) is 16.9 Å². The van der Waals surface area contributed by atoms with Crippen molar-refractivity contribution in [2.24, 2.45) is 0 Å². The van der Waals surface area contributed by atoms with Crippen molar-refractivity contribution in [3.63, 3.8) is 0 Å². The van der Waals surface area contributed by atoms with Crippen LogP contribution in [0, 0.1) is 0 Å². The van der Waals surface area contributed by atoms with E-state index >= 15 is 0 Å². The summed E-state index contributed by atoms with van der Waals surface area (Å²) in [4.78, 5) is 33.3. The van der Waals surface area contributed by atoms with Crippen LogP contribution in [0.1, 0.15) is 62.5 Å². The molecule has 0 fully saturated rings. The Morgan fingerprint density at radius 1 is 1.04 bits per heavy atom. The number of aromatic amines is 1. The summed E-state index contributed by atoms with van der Waals surface area (Å²) in [6.07, 6.45) is 10.2. The summed E-state index contributed by atoms with van der Waals surface area (Å²) in [5.41, 5.74) is 0. The van der Waals surface area contributed by atoms with E-state index in [1.807, 2.05) is 18.2 Å². The molecule has 1 aromatic carbocycles. The van der Waals surface area contributed by atoms with Crippen LogP contribution in [0.5, 0.6) is 5.75 Å². The molecule has 2 rings (SSSR count). The molecule has 0 unspecified atom stereocenters. The number of hydrogen-bond acceptors (Lipinski definition) is 4. The van der Waals surface area contributed by atoms with Gasteiger partial charge < -0.3 is 14.6 Å². The van der Waals surface area contributed by atoms with Gasteiger partial charge in [0, 0.05) is 25.5 Å². The number of amides is 1. The molecule has 6 nitrogen and oxygen atoms in total. The zero-order valence-corrected chi connectivity index (χ0v) is 16.0. The molecule has 1 N–H and O–H groups in total. The van der Waals surface area contributed by atoms with Crippen molar-refractivity contribution in [2.45, 2.75) is 51.9 Å². The zero-order valence-electron chi connectivity index (χ0n) is 16.0. The molecule has 0 spiro atoms. The first-order chi connectivity index (χ1) is 13.2. The summed E-state index contributed by atoms with van der Waals surface area (Å²) in [6.45, 7) is 3.13. The molecule has 27 heavy (non-hydrogen) atoms. The van der Waals surface area contributed by atoms with Gasteiger partial charge in [-0.15, -0.1) is 0 Å². The largest absolute Gasteiger partial charge is 0.426 e. The minimum atomic E-state index is -0.346. The molecular formula is C21H29N3O3. The summed E-state index contributed by atoms with van der Waals surface area (Å²) in [5.74, 6) is 0.294. The molecule has 0 aliphatic rings. The van der Waals surface area contributed by atoms with E-state index in [9.17, 15) is 9.59 Å². The standard InChI is InChI=1S/C21H29N3O3/c1-2-3-4-5-6-10-16-24(21(26)20-22-14-15-23-20)17-13-19(25)27-18-11-8-7-9-12-18/h7-9,11-12,14-15H,2-6,10,13,16-17H2,1H3,(H,22,23). The van der Waals surface area contributed by atoms with Gasteiger partial charge in [-0.25, -0.2) is 4.98 Å². The molecule has 0 saturated heterocycles. The van der Waals surface area contributed by atoms with Crippen molar-refractivity contribution in [1.29, 1.82) is 0 Å². The predicted octanol–water partition coefficient (Wildman–Crippen LogP) is 4.21. The predicted molar refractivity (Wildman–Crippen MR) is 105 cm³/mol. The Bertz CT molecular complexity index is 671. The second-order valence-electron chi connectivity index (χ2n) is 6.53. The number of H-pyrrole nitrogens is 1. The van der Waals surface area contributed by atoms with Crippen molar-refractivity contribution < 1.29 is 14.3 Å². The topological polar surface area (TPSA) is 75.3 Å². The van der Waals surface area contributed by atoms with Gasteiger partial charge in [0.15, 0.2) is 5.82 Å². The Morgan fingerprint density at radius 2 is 1.78 bits per heavy atom. The van der Waals surface area contributed by atoms with Crippen LogP contribution in [0.25, 0.3) is 0 Å². The normalized spacial score (nSPS) is 10.6. The monoisotopic (exact) mass is 371 g/mol. The number of esters is 1. The Balaban J connectivity index is 1.83. The molecule has 6 heteroatoms. The van der Waals surface area contributed by atoms with Crippen LogP contribution in [0.15, 0.2) is 42.7 Å². The van der Waals surface area contributed by atoms with E-state index in [1.165, 1.54) is 25.7 Å². The lowest BCUT2D eigenvalue weighted by atomic mass is 10.1. The van der Waals surface area contributed by atoms with Crippen molar-refractivity contribution >= 4 is 11.9 Å². The molecule has 146 valence electrons. The molecule has 0 saturated carbocycles. The second-order valence-corrected chi connectivity index (χ2v) is 6.53. The average molecular weight is 371 g/mol. The van der Waals surface area contributed by atoms with Gasteiger partial charge in [0.1, 0.15) is 5.75 Å². The highest BCUT2D eigenvalue weighted by Crippen LogP contribution is 2.11. The maximum Gasteiger partial charge on any atom is 0.312 e. The first kappa shape index (κ1) is 20.7. The lowest BCUT2D eigenvalue weighted by molar-refractivity contribution is -0.134. The van der Waals surface area contributed by atoms with E-state index in [1.54, 1.807) is 29.4 Å². The van der Waals surface area contributed by atoms with Crippen LogP contribution in [-0.4, -0.2) is 39.8 Å². The fourth-order valence-electron chi connectivity index (χ4n) is 2.83. The molecule has 1 aromatic heterocycles. The number of aromatic nitrogens is 2. The summed E-state index contributed by atoms with van der Waals surface area (Å²) >= 11 is 0. The van der Waals surface area contributed by atoms with E-state index in [0.29, 0.717) is 24.7 Å². The molecule has 0 bridgehead atoms. The second kappa shape index (κ2) is 11.9. The van der Waals surface area contributed by atoms with Crippen LogP contribution in [-0.2, 0) is 4.79 Å². The van der Waals surface area contributed by atoms with Crippen molar-refractivity contribution in [2.75, 3.05) is 13.1 Å². The lowest BCUT2D eigenvalue weighted by Gasteiger charge is -2.21. The first-order valence-electron chi connectivity index (χ1n) is 9.75. The van der Waals surface area contributed by atoms with Crippen molar-refractivity contribution in [1.82, 2.24) is 14.9 Å². The zero-order chi connectivity index (χ0) is 19.3. The fourth-order valence-corrected chi connectivity index (χ4v) is 2.83. The maximum absolute atomic E-state index is 12.6. The number of imidazole rings is 1. The number of unbranched alkanes of at least 4 members (excludes halogenated alkanes) is 5. The fraction of sp³-hybridized carbons (Fsp3) is 0.476. The van der Waals surface area contributed by atoms with Gasteiger partial charge in [0.2, 0.25) is 0 Å². The van der Waals surface area contributed by atoms with Crippen LogP contribution >= 0.6 is 0 Å². The van der Waals surface area contributed by atoms with E-state index in [-0.39, 0.29) is 18.3 Å². The smallest absolute Gasteiger partial charge is 0.312 e. The quantitative estimate of drug-likeness (QED) is 0.344. The lowest BCUT2D eigenvalue weighted by Crippen LogP contribution is -2.35. The molecule has 0 radical (unpaired) electrons. The molecule has 2 aromatic rings. The number of carbonyl (C=O) groups is 2. The molecule has 0 aliphatic carbocycles. The van der Waals surface area contributed by atoms with E-state index < -0.39 is 0 Å². The number of ether oxygens (including phenoxy) is 1. The Morgan fingerprint density at radius 3 is 2.48 bits per heavy atom. The van der Waals surface area contributed by atoms with Crippen LogP contribution in [0.4, 0.5) is 0 Å². The highest BCUT2D eigenvalue weighted by atomic mass is 16.5. The number of carbonyl (C=O) groups excluding carboxylic acids is 2. The molecule has 1 amide bonds. The van der Waals surface area contributed by atoms with Gasteiger partial charge in [0.25, 0.3) is 5.91 Å². The third kappa shape index (κ3) is 7.64. The maximum atomic E-state index is 12.6. The van der Waals surface area contributed by atoms with Gasteiger partial charge >= 0.3 is 5.97 Å². The van der Waals surface area contributed by atoms with E-state index in [4.69, 9.17) is 4.74 Å². The number of benzene rings is 1. The highest BCUT2D eigenvalue weighted by Gasteiger charge is 2.19. The number of nitrogens with one attached hydrogen (secondary N) is 1. The van der Waals surface area contributed by atoms with Crippen LogP contribution in [0.2, 0.25) is 0 Å². The minimum absolute atomic E-state index is 0.150. The van der Waals surface area contributed by atoms with Crippen molar-refractivity contribution in [3.05, 3.63) is 48.5 Å². The summed E-state index contributed by atoms with van der Waals surface area (Å²) in [5, 5.41) is 0. The van der Waals surface area contributed by atoms with Gasteiger partial charge in [0.05, 0.1) is 6.42 Å². The van der Waals surface area contributed by atoms with Crippen molar-refractivity contribution in [3.8, 4) is 5.75 Å². The van der Waals surface area contributed by atoms with Crippen LogP contribution < -0.4 is 4.74 Å². The Kier molecular flexibility index (Phi) is 9.10. The Hall–Kier alpha value is -2.63. The third-order valence-corrected chi connectivity index (χ3v) is 4.33. The van der Waals surface area contributed by atoms with Gasteiger partial charge in [-0.1, -0.05) is 57.2 Å². The molecule has 0 atom stereocenters. The van der Waals surface area contributed by atoms with Gasteiger partial charge in [-0.3, -0.25) is 9.59 Å². The first-order valence-corrected chi connectivity index (χ1v) is 9.75. The Labute approximate surface area is 160 Å². The van der Waals surface area contributed by atoms with Gasteiger partial charge in [-0.05, 0) is 18.6 Å². The highest BCUT2D eigenvalue weighted by molar-refractivity contribution is 5.90. The molecule has 1 heterocycles. The number of nitrogens with zero attached hydrogens (tertiary/aromatic N) is 2. The molecule has 0 aliphatic heterocycles. The summed E-state index contributed by atoms with van der Waals surface area (Å²) < 4.78 is 5.30. The van der Waals surface area contributed by atoms with Crippen LogP contribution in [0.3, 0.4) is 0 Å². The number of para-hydroxylation sites is 1.